The zero-order valence-electron chi connectivity index (χ0n) is 20.9. The van der Waals surface area contributed by atoms with E-state index in [2.05, 4.69) is 16.0 Å². The number of aliphatic carboxylic acids is 1. The summed E-state index contributed by atoms with van der Waals surface area (Å²) in [7, 11) is 0. The minimum atomic E-state index is -1.12. The molecule has 0 heterocycles. The van der Waals surface area contributed by atoms with Gasteiger partial charge in [0.25, 0.3) is 0 Å². The normalized spacial score (nSPS) is 17.1. The summed E-state index contributed by atoms with van der Waals surface area (Å²) in [6, 6.07) is -3.58. The summed E-state index contributed by atoms with van der Waals surface area (Å²) in [5.74, 6) is -3.03. The largest absolute Gasteiger partial charge is 0.480 e. The smallest absolute Gasteiger partial charge is 0.326 e. The van der Waals surface area contributed by atoms with Crippen molar-refractivity contribution >= 4 is 23.7 Å². The molecule has 9 heteroatoms. The number of hydrogen-bond acceptors (Lipinski definition) is 5. The van der Waals surface area contributed by atoms with E-state index >= 15 is 0 Å². The first kappa shape index (κ1) is 29.8. The number of carbonyl (C=O) groups excluding carboxylic acids is 3. The Labute approximate surface area is 192 Å². The van der Waals surface area contributed by atoms with Gasteiger partial charge < -0.3 is 26.8 Å². The summed E-state index contributed by atoms with van der Waals surface area (Å²) in [5.41, 5.74) is 6.00. The molecule has 186 valence electrons. The van der Waals surface area contributed by atoms with E-state index in [9.17, 15) is 24.3 Å². The fraction of sp³-hybridized carbons (Fsp3) is 0.826. The van der Waals surface area contributed by atoms with Crippen molar-refractivity contribution in [2.75, 3.05) is 0 Å². The lowest BCUT2D eigenvalue weighted by atomic mass is 9.95. The molecule has 0 rings (SSSR count). The second-order valence-corrected chi connectivity index (χ2v) is 9.54. The Hall–Kier alpha value is -2.16. The number of amides is 3. The molecule has 6 unspecified atom stereocenters. The van der Waals surface area contributed by atoms with Crippen LogP contribution in [0, 0.1) is 23.7 Å². The average molecular weight is 457 g/mol. The molecule has 0 spiro atoms. The van der Waals surface area contributed by atoms with Crippen LogP contribution in [0.25, 0.3) is 0 Å². The van der Waals surface area contributed by atoms with E-state index in [1.54, 1.807) is 13.8 Å². The summed E-state index contributed by atoms with van der Waals surface area (Å²) < 4.78 is 0. The molecule has 32 heavy (non-hydrogen) atoms. The van der Waals surface area contributed by atoms with Crippen molar-refractivity contribution in [3.05, 3.63) is 0 Å². The Bertz CT molecular complexity index is 638. The highest BCUT2D eigenvalue weighted by Crippen LogP contribution is 2.13. The molecular weight excluding hydrogens is 412 g/mol. The van der Waals surface area contributed by atoms with Crippen molar-refractivity contribution in [1.29, 1.82) is 0 Å². The zero-order chi connectivity index (χ0) is 25.2. The fourth-order valence-corrected chi connectivity index (χ4v) is 3.20. The number of carboxylic acid groups (broad SMARTS) is 1. The summed E-state index contributed by atoms with van der Waals surface area (Å²) in [6.45, 7) is 14.8. The Morgan fingerprint density at radius 2 is 1.22 bits per heavy atom. The van der Waals surface area contributed by atoms with E-state index in [1.807, 2.05) is 41.5 Å². The maximum Gasteiger partial charge on any atom is 0.326 e. The minimum absolute atomic E-state index is 0.0431. The predicted molar refractivity (Wildman–Crippen MR) is 125 cm³/mol. The van der Waals surface area contributed by atoms with Gasteiger partial charge in [0.2, 0.25) is 17.7 Å². The molecule has 0 aliphatic heterocycles. The molecule has 0 aromatic rings. The molecule has 0 aromatic heterocycles. The predicted octanol–water partition coefficient (Wildman–Crippen LogP) is 1.65. The van der Waals surface area contributed by atoms with Gasteiger partial charge in [-0.3, -0.25) is 14.4 Å². The van der Waals surface area contributed by atoms with Crippen molar-refractivity contribution in [1.82, 2.24) is 16.0 Å². The fourth-order valence-electron chi connectivity index (χ4n) is 3.20. The third-order valence-electron chi connectivity index (χ3n) is 5.92. The van der Waals surface area contributed by atoms with Crippen LogP contribution in [0.15, 0.2) is 0 Å². The number of nitrogens with two attached hydrogens (primary N) is 1. The van der Waals surface area contributed by atoms with Gasteiger partial charge in [0, 0.05) is 0 Å². The quantitative estimate of drug-likeness (QED) is 0.268. The standard InChI is InChI=1S/C23H44N4O5/c1-9-14(7)17(24)20(28)26-18(13(5)6)21(29)27-19(15(8)10-2)22(30)25-16(23(31)32)11-12(3)4/h12-19H,9-11,24H2,1-8H3,(H,25,30)(H,26,28)(H,27,29)(H,31,32). The zero-order valence-corrected chi connectivity index (χ0v) is 20.9. The van der Waals surface area contributed by atoms with Crippen LogP contribution in [0.3, 0.4) is 0 Å². The Morgan fingerprint density at radius 1 is 0.750 bits per heavy atom. The van der Waals surface area contributed by atoms with E-state index in [-0.39, 0.29) is 30.1 Å². The molecule has 0 bridgehead atoms. The van der Waals surface area contributed by atoms with Gasteiger partial charge in [-0.05, 0) is 30.1 Å². The second-order valence-electron chi connectivity index (χ2n) is 9.54. The van der Waals surface area contributed by atoms with Crippen LogP contribution in [0.4, 0.5) is 0 Å². The summed E-state index contributed by atoms with van der Waals surface area (Å²) in [4.78, 5) is 50.1. The first-order valence-electron chi connectivity index (χ1n) is 11.7. The van der Waals surface area contributed by atoms with E-state index in [0.29, 0.717) is 6.42 Å². The van der Waals surface area contributed by atoms with Crippen molar-refractivity contribution in [2.24, 2.45) is 29.4 Å². The van der Waals surface area contributed by atoms with Crippen LogP contribution in [-0.4, -0.2) is 53.0 Å². The molecule has 3 amide bonds. The number of carbonyl (C=O) groups is 4. The molecule has 0 aliphatic rings. The monoisotopic (exact) mass is 456 g/mol. The van der Waals surface area contributed by atoms with Gasteiger partial charge in [-0.1, -0.05) is 68.2 Å². The average Bonchev–Trinajstić information content (AvgIpc) is 2.72. The van der Waals surface area contributed by atoms with Crippen LogP contribution in [0.2, 0.25) is 0 Å². The highest BCUT2D eigenvalue weighted by Gasteiger charge is 2.34. The topological polar surface area (TPSA) is 151 Å². The number of carboxylic acids is 1. The lowest BCUT2D eigenvalue weighted by molar-refractivity contribution is -0.143. The molecule has 0 saturated heterocycles. The van der Waals surface area contributed by atoms with E-state index in [0.717, 1.165) is 6.42 Å². The number of hydrogen-bond donors (Lipinski definition) is 5. The Morgan fingerprint density at radius 3 is 1.62 bits per heavy atom. The summed E-state index contributed by atoms with van der Waals surface area (Å²) in [6.07, 6.45) is 1.60. The maximum atomic E-state index is 13.1. The minimum Gasteiger partial charge on any atom is -0.480 e. The lowest BCUT2D eigenvalue weighted by Crippen LogP contribution is -2.60. The van der Waals surface area contributed by atoms with Crippen LogP contribution in [0.5, 0.6) is 0 Å². The van der Waals surface area contributed by atoms with Gasteiger partial charge in [-0.25, -0.2) is 4.79 Å². The number of rotatable bonds is 14. The molecule has 6 N–H and O–H groups in total. The third-order valence-corrected chi connectivity index (χ3v) is 5.92. The van der Waals surface area contributed by atoms with Crippen molar-refractivity contribution < 1.29 is 24.3 Å². The van der Waals surface area contributed by atoms with Crippen molar-refractivity contribution in [2.45, 2.75) is 98.8 Å². The molecular formula is C23H44N4O5. The molecule has 0 aromatic carbocycles. The van der Waals surface area contributed by atoms with E-state index in [1.165, 1.54) is 0 Å². The highest BCUT2D eigenvalue weighted by molar-refractivity contribution is 5.94. The molecule has 0 radical (unpaired) electrons. The van der Waals surface area contributed by atoms with Gasteiger partial charge >= 0.3 is 5.97 Å². The van der Waals surface area contributed by atoms with Gasteiger partial charge in [0.1, 0.15) is 18.1 Å². The van der Waals surface area contributed by atoms with Crippen molar-refractivity contribution in [3.63, 3.8) is 0 Å². The SMILES string of the molecule is CCC(C)C(N)C(=O)NC(C(=O)NC(C(=O)NC(CC(C)C)C(=O)O)C(C)CC)C(C)C. The molecule has 6 atom stereocenters. The molecule has 9 nitrogen and oxygen atoms in total. The van der Waals surface area contributed by atoms with E-state index in [4.69, 9.17) is 5.73 Å². The maximum absolute atomic E-state index is 13.1. The van der Waals surface area contributed by atoms with Crippen LogP contribution in [-0.2, 0) is 19.2 Å². The van der Waals surface area contributed by atoms with Gasteiger partial charge in [0.05, 0.1) is 6.04 Å². The summed E-state index contributed by atoms with van der Waals surface area (Å²) in [5, 5.41) is 17.5. The summed E-state index contributed by atoms with van der Waals surface area (Å²) >= 11 is 0. The van der Waals surface area contributed by atoms with Gasteiger partial charge in [-0.2, -0.15) is 0 Å². The third kappa shape index (κ3) is 9.54. The first-order chi connectivity index (χ1) is 14.8. The lowest BCUT2D eigenvalue weighted by Gasteiger charge is -2.30. The second kappa shape index (κ2) is 14.1. The van der Waals surface area contributed by atoms with Crippen LogP contribution < -0.4 is 21.7 Å². The Kier molecular flexibility index (Phi) is 13.1. The van der Waals surface area contributed by atoms with Crippen LogP contribution in [0.1, 0.15) is 74.7 Å². The number of nitrogens with one attached hydrogen (secondary N) is 3. The Balaban J connectivity index is 5.52. The van der Waals surface area contributed by atoms with Gasteiger partial charge in [0.15, 0.2) is 0 Å². The molecule has 0 aliphatic carbocycles. The van der Waals surface area contributed by atoms with E-state index < -0.39 is 47.9 Å². The highest BCUT2D eigenvalue weighted by atomic mass is 16.4. The molecule has 0 saturated carbocycles. The van der Waals surface area contributed by atoms with Crippen molar-refractivity contribution in [3.8, 4) is 0 Å². The first-order valence-corrected chi connectivity index (χ1v) is 11.7. The molecule has 0 fully saturated rings. The van der Waals surface area contributed by atoms with Gasteiger partial charge in [-0.15, -0.1) is 0 Å². The van der Waals surface area contributed by atoms with Crippen LogP contribution >= 0.6 is 0 Å².